The fraction of sp³-hybridized carbons (Fsp3) is 0.769. The van der Waals surface area contributed by atoms with E-state index in [9.17, 15) is 14.4 Å². The molecule has 0 heterocycles. The molecule has 122 valence electrons. The van der Waals surface area contributed by atoms with Gasteiger partial charge in [-0.2, -0.15) is 11.8 Å². The summed E-state index contributed by atoms with van der Waals surface area (Å²) in [6.45, 7) is 2.78. The van der Waals surface area contributed by atoms with E-state index in [4.69, 9.17) is 5.73 Å². The number of hydrogen-bond acceptors (Lipinski definition) is 5. The van der Waals surface area contributed by atoms with Crippen molar-refractivity contribution in [2.45, 2.75) is 32.2 Å². The minimum atomic E-state index is -0.620. The van der Waals surface area contributed by atoms with Gasteiger partial charge in [-0.3, -0.25) is 14.4 Å². The Labute approximate surface area is 130 Å². The predicted octanol–water partition coefficient (Wildman–Crippen LogP) is -0.784. The molecular formula is C13H26N4O3S. The van der Waals surface area contributed by atoms with E-state index in [0.717, 1.165) is 12.8 Å². The van der Waals surface area contributed by atoms with E-state index in [2.05, 4.69) is 16.0 Å². The van der Waals surface area contributed by atoms with E-state index in [1.165, 1.54) is 11.8 Å². The topological polar surface area (TPSA) is 113 Å². The number of likely N-dealkylation sites (N-methyl/N-ethyl adjacent to an activating group) is 1. The lowest BCUT2D eigenvalue weighted by molar-refractivity contribution is -0.129. The average molecular weight is 318 g/mol. The van der Waals surface area contributed by atoms with Gasteiger partial charge in [-0.05, 0) is 39.0 Å². The van der Waals surface area contributed by atoms with Crippen LogP contribution in [0.4, 0.5) is 0 Å². The molecule has 0 bridgehead atoms. The Morgan fingerprint density at radius 1 is 1.14 bits per heavy atom. The van der Waals surface area contributed by atoms with Crippen LogP contribution in [0.15, 0.2) is 0 Å². The molecule has 0 aliphatic heterocycles. The van der Waals surface area contributed by atoms with Crippen LogP contribution < -0.4 is 21.7 Å². The number of rotatable bonds is 11. The van der Waals surface area contributed by atoms with E-state index in [1.807, 2.05) is 6.26 Å². The Bertz CT molecular complexity index is 339. The van der Waals surface area contributed by atoms with Crippen molar-refractivity contribution in [3.05, 3.63) is 0 Å². The molecule has 7 nitrogen and oxygen atoms in total. The number of carbonyl (C=O) groups excluding carboxylic acids is 3. The Morgan fingerprint density at radius 2 is 1.86 bits per heavy atom. The fourth-order valence-electron chi connectivity index (χ4n) is 1.68. The predicted molar refractivity (Wildman–Crippen MR) is 84.9 cm³/mol. The number of thioether (sulfide) groups is 1. The minimum Gasteiger partial charge on any atom is -0.355 e. The van der Waals surface area contributed by atoms with Gasteiger partial charge in [0.15, 0.2) is 0 Å². The van der Waals surface area contributed by atoms with Crippen LogP contribution in [-0.4, -0.2) is 55.4 Å². The largest absolute Gasteiger partial charge is 0.355 e. The molecule has 0 saturated carbocycles. The molecule has 0 radical (unpaired) electrons. The number of nitrogens with two attached hydrogens (primary N) is 1. The number of amides is 3. The summed E-state index contributed by atoms with van der Waals surface area (Å²) in [7, 11) is 0. The summed E-state index contributed by atoms with van der Waals surface area (Å²) in [5.41, 5.74) is 5.43. The van der Waals surface area contributed by atoms with E-state index < -0.39 is 6.04 Å². The lowest BCUT2D eigenvalue weighted by Gasteiger charge is -2.18. The first-order chi connectivity index (χ1) is 10.0. The second-order valence-electron chi connectivity index (χ2n) is 4.51. The summed E-state index contributed by atoms with van der Waals surface area (Å²) in [6.07, 6.45) is 3.87. The third-order valence-electron chi connectivity index (χ3n) is 2.67. The van der Waals surface area contributed by atoms with Crippen LogP contribution in [0, 0.1) is 0 Å². The van der Waals surface area contributed by atoms with Crippen LogP contribution in [-0.2, 0) is 14.4 Å². The van der Waals surface area contributed by atoms with Crippen LogP contribution in [0.1, 0.15) is 26.2 Å². The quantitative estimate of drug-likeness (QED) is 0.373. The van der Waals surface area contributed by atoms with Gasteiger partial charge in [-0.1, -0.05) is 0 Å². The number of unbranched alkanes of at least 4 members (excludes halogenated alkanes) is 1. The Morgan fingerprint density at radius 3 is 2.43 bits per heavy atom. The maximum Gasteiger partial charge on any atom is 0.243 e. The zero-order chi connectivity index (χ0) is 16.1. The van der Waals surface area contributed by atoms with Gasteiger partial charge in [0, 0.05) is 6.54 Å². The molecule has 0 rings (SSSR count). The highest BCUT2D eigenvalue weighted by Crippen LogP contribution is 2.02. The maximum atomic E-state index is 12.0. The Balaban J connectivity index is 4.36. The van der Waals surface area contributed by atoms with Crippen molar-refractivity contribution in [3.8, 4) is 0 Å². The van der Waals surface area contributed by atoms with E-state index in [-0.39, 0.29) is 24.3 Å². The van der Waals surface area contributed by atoms with E-state index >= 15 is 0 Å². The average Bonchev–Trinajstić information content (AvgIpc) is 2.44. The number of carbonyl (C=O) groups is 3. The third kappa shape index (κ3) is 10.1. The third-order valence-corrected chi connectivity index (χ3v) is 3.22. The number of nitrogens with one attached hydrogen (secondary N) is 3. The lowest BCUT2D eigenvalue weighted by atomic mass is 10.1. The standard InChI is InChI=1S/C13H26N4O3S/c1-3-15-11(18)8-16-13(20)10(6-4-5-7-14)17-12(19)9-21-2/h10H,3-9,14H2,1-2H3,(H,15,18)(H,16,20)(H,17,19). The second kappa shape index (κ2) is 12.5. The van der Waals surface area contributed by atoms with Crippen molar-refractivity contribution >= 4 is 29.5 Å². The molecular weight excluding hydrogens is 292 g/mol. The first kappa shape index (κ1) is 19.7. The molecule has 1 atom stereocenters. The molecule has 5 N–H and O–H groups in total. The smallest absolute Gasteiger partial charge is 0.243 e. The summed E-state index contributed by atoms with van der Waals surface area (Å²) in [5.74, 6) is -0.472. The van der Waals surface area contributed by atoms with Gasteiger partial charge in [0.25, 0.3) is 0 Å². The summed E-state index contributed by atoms with van der Waals surface area (Å²) in [5, 5.41) is 7.82. The van der Waals surface area contributed by atoms with Gasteiger partial charge in [-0.25, -0.2) is 0 Å². The van der Waals surface area contributed by atoms with Crippen molar-refractivity contribution in [1.82, 2.24) is 16.0 Å². The Kier molecular flexibility index (Phi) is 11.7. The van der Waals surface area contributed by atoms with Crippen LogP contribution >= 0.6 is 11.8 Å². The van der Waals surface area contributed by atoms with E-state index in [0.29, 0.717) is 25.3 Å². The summed E-state index contributed by atoms with van der Waals surface area (Å²) >= 11 is 1.39. The molecule has 8 heteroatoms. The van der Waals surface area contributed by atoms with Gasteiger partial charge in [-0.15, -0.1) is 0 Å². The zero-order valence-corrected chi connectivity index (χ0v) is 13.6. The van der Waals surface area contributed by atoms with Crippen molar-refractivity contribution in [2.75, 3.05) is 31.6 Å². The van der Waals surface area contributed by atoms with Crippen LogP contribution in [0.3, 0.4) is 0 Å². The molecule has 0 aromatic heterocycles. The summed E-state index contributed by atoms with van der Waals surface area (Å²) in [6, 6.07) is -0.620. The van der Waals surface area contributed by atoms with Gasteiger partial charge in [0.1, 0.15) is 6.04 Å². The molecule has 0 aliphatic carbocycles. The second-order valence-corrected chi connectivity index (χ2v) is 5.37. The van der Waals surface area contributed by atoms with Crippen LogP contribution in [0.25, 0.3) is 0 Å². The van der Waals surface area contributed by atoms with Crippen molar-refractivity contribution in [1.29, 1.82) is 0 Å². The summed E-state index contributed by atoms with van der Waals surface area (Å²) in [4.78, 5) is 35.0. The lowest BCUT2D eigenvalue weighted by Crippen LogP contribution is -2.49. The first-order valence-corrected chi connectivity index (χ1v) is 8.47. The normalized spacial score (nSPS) is 11.6. The molecule has 0 saturated heterocycles. The summed E-state index contributed by atoms with van der Waals surface area (Å²) < 4.78 is 0. The molecule has 1 unspecified atom stereocenters. The molecule has 0 spiro atoms. The van der Waals surface area contributed by atoms with E-state index in [1.54, 1.807) is 6.92 Å². The molecule has 3 amide bonds. The minimum absolute atomic E-state index is 0.0849. The highest BCUT2D eigenvalue weighted by Gasteiger charge is 2.20. The molecule has 0 fully saturated rings. The molecule has 21 heavy (non-hydrogen) atoms. The van der Waals surface area contributed by atoms with Gasteiger partial charge in [0.05, 0.1) is 12.3 Å². The van der Waals surface area contributed by atoms with Gasteiger partial charge < -0.3 is 21.7 Å². The van der Waals surface area contributed by atoms with Crippen molar-refractivity contribution in [2.24, 2.45) is 5.73 Å². The Hall–Kier alpha value is -1.28. The fourth-order valence-corrected chi connectivity index (χ4v) is 2.02. The molecule has 0 aromatic rings. The zero-order valence-electron chi connectivity index (χ0n) is 12.7. The van der Waals surface area contributed by atoms with Crippen molar-refractivity contribution < 1.29 is 14.4 Å². The first-order valence-electron chi connectivity index (χ1n) is 7.07. The van der Waals surface area contributed by atoms with Crippen LogP contribution in [0.2, 0.25) is 0 Å². The molecule has 0 aromatic carbocycles. The van der Waals surface area contributed by atoms with Gasteiger partial charge >= 0.3 is 0 Å². The van der Waals surface area contributed by atoms with Crippen LogP contribution in [0.5, 0.6) is 0 Å². The molecule has 0 aliphatic rings. The monoisotopic (exact) mass is 318 g/mol. The van der Waals surface area contributed by atoms with Crippen molar-refractivity contribution in [3.63, 3.8) is 0 Å². The SMILES string of the molecule is CCNC(=O)CNC(=O)C(CCCCN)NC(=O)CSC. The number of hydrogen-bond donors (Lipinski definition) is 4. The highest BCUT2D eigenvalue weighted by atomic mass is 32.2. The highest BCUT2D eigenvalue weighted by molar-refractivity contribution is 7.99. The van der Waals surface area contributed by atoms with Gasteiger partial charge in [0.2, 0.25) is 17.7 Å². The maximum absolute atomic E-state index is 12.0.